The Balaban J connectivity index is 2.30. The number of hydrogen-bond donors (Lipinski definition) is 2. The second-order valence-corrected chi connectivity index (χ2v) is 8.26. The number of alkyl halides is 1. The number of nitrogens with two attached hydrogens (primary N) is 1. The SMILES string of the molecule is CCN(CC)c1nc(Nc2cccc(N)c2)nc(OCC(C)(P)C(F)P)n1. The Labute approximate surface area is 164 Å². The van der Waals surface area contributed by atoms with E-state index in [9.17, 15) is 4.39 Å². The molecule has 0 bridgehead atoms. The molecule has 0 spiro atoms. The molecular formula is C17H27FN6OP2. The van der Waals surface area contributed by atoms with Gasteiger partial charge in [0.15, 0.2) is 0 Å². The number of nitrogens with zero attached hydrogens (tertiary/aromatic N) is 4. The number of aromatic nitrogens is 3. The van der Waals surface area contributed by atoms with Crippen molar-refractivity contribution in [1.82, 2.24) is 15.0 Å². The number of nitrogens with one attached hydrogen (secondary N) is 1. The molecule has 4 atom stereocenters. The van der Waals surface area contributed by atoms with Gasteiger partial charge >= 0.3 is 6.01 Å². The highest BCUT2D eigenvalue weighted by Gasteiger charge is 2.28. The summed E-state index contributed by atoms with van der Waals surface area (Å²) in [5, 5.41) is 2.35. The van der Waals surface area contributed by atoms with Crippen molar-refractivity contribution in [1.29, 1.82) is 0 Å². The Kier molecular flexibility index (Phi) is 7.51. The fourth-order valence-corrected chi connectivity index (χ4v) is 2.34. The van der Waals surface area contributed by atoms with Crippen LogP contribution in [0.4, 0.5) is 27.7 Å². The van der Waals surface area contributed by atoms with Gasteiger partial charge < -0.3 is 20.7 Å². The summed E-state index contributed by atoms with van der Waals surface area (Å²) in [6.07, 6.45) is 0. The molecule has 0 amide bonds. The molecule has 0 radical (unpaired) electrons. The predicted octanol–water partition coefficient (Wildman–Crippen LogP) is 3.23. The normalized spacial score (nSPS) is 14.3. The molecule has 1 aromatic heterocycles. The average molecular weight is 412 g/mol. The first-order valence-corrected chi connectivity index (χ1v) is 9.94. The van der Waals surface area contributed by atoms with Gasteiger partial charge in [-0.25, -0.2) is 4.39 Å². The predicted molar refractivity (Wildman–Crippen MR) is 116 cm³/mol. The van der Waals surface area contributed by atoms with Crippen molar-refractivity contribution in [3.63, 3.8) is 0 Å². The molecule has 4 unspecified atom stereocenters. The molecular weight excluding hydrogens is 385 g/mol. The van der Waals surface area contributed by atoms with Crippen LogP contribution in [0.25, 0.3) is 0 Å². The molecule has 0 saturated carbocycles. The number of benzene rings is 1. The van der Waals surface area contributed by atoms with Gasteiger partial charge in [-0.2, -0.15) is 15.0 Å². The van der Waals surface area contributed by atoms with E-state index in [1.54, 1.807) is 19.1 Å². The fourth-order valence-electron chi connectivity index (χ4n) is 2.16. The molecule has 0 saturated heterocycles. The van der Waals surface area contributed by atoms with Crippen molar-refractivity contribution in [3.05, 3.63) is 24.3 Å². The number of rotatable bonds is 9. The minimum absolute atomic E-state index is 0.0990. The summed E-state index contributed by atoms with van der Waals surface area (Å²) >= 11 is 0. The summed E-state index contributed by atoms with van der Waals surface area (Å²) in [5.41, 5.74) is 7.20. The number of ether oxygens (including phenoxy) is 1. The van der Waals surface area contributed by atoms with E-state index in [0.717, 1.165) is 18.8 Å². The van der Waals surface area contributed by atoms with E-state index in [4.69, 9.17) is 10.5 Å². The highest BCUT2D eigenvalue weighted by atomic mass is 31.0. The first-order chi connectivity index (χ1) is 12.7. The van der Waals surface area contributed by atoms with E-state index in [0.29, 0.717) is 17.6 Å². The van der Waals surface area contributed by atoms with E-state index >= 15 is 0 Å². The highest BCUT2D eigenvalue weighted by molar-refractivity contribution is 7.24. The topological polar surface area (TPSA) is 89.2 Å². The van der Waals surface area contributed by atoms with Gasteiger partial charge in [0.1, 0.15) is 12.5 Å². The van der Waals surface area contributed by atoms with Crippen LogP contribution in [0.5, 0.6) is 6.01 Å². The third kappa shape index (κ3) is 6.12. The van der Waals surface area contributed by atoms with Crippen molar-refractivity contribution in [2.75, 3.05) is 35.6 Å². The Morgan fingerprint density at radius 3 is 2.59 bits per heavy atom. The molecule has 0 aliphatic rings. The lowest BCUT2D eigenvalue weighted by Crippen LogP contribution is -2.33. The highest BCUT2D eigenvalue weighted by Crippen LogP contribution is 2.30. The molecule has 0 fully saturated rings. The summed E-state index contributed by atoms with van der Waals surface area (Å²) in [6, 6.07) is 7.41. The van der Waals surface area contributed by atoms with Crippen LogP contribution in [0.3, 0.4) is 0 Å². The first kappa shape index (κ1) is 21.5. The largest absolute Gasteiger partial charge is 0.462 e. The fraction of sp³-hybridized carbons (Fsp3) is 0.471. The monoisotopic (exact) mass is 412 g/mol. The van der Waals surface area contributed by atoms with Gasteiger partial charge in [0.25, 0.3) is 0 Å². The van der Waals surface area contributed by atoms with Crippen LogP contribution in [0.15, 0.2) is 24.3 Å². The number of halogens is 1. The lowest BCUT2D eigenvalue weighted by Gasteiger charge is -2.25. The Hall–Kier alpha value is -1.78. The molecule has 0 aliphatic carbocycles. The zero-order chi connectivity index (χ0) is 20.0. The van der Waals surface area contributed by atoms with Gasteiger partial charge in [0.2, 0.25) is 11.9 Å². The molecule has 1 aromatic carbocycles. The van der Waals surface area contributed by atoms with Crippen molar-refractivity contribution < 1.29 is 9.13 Å². The van der Waals surface area contributed by atoms with Crippen LogP contribution in [-0.2, 0) is 0 Å². The lowest BCUT2D eigenvalue weighted by atomic mass is 10.2. The Bertz CT molecular complexity index is 758. The van der Waals surface area contributed by atoms with Gasteiger partial charge in [-0.15, -0.1) is 9.24 Å². The van der Waals surface area contributed by atoms with Gasteiger partial charge in [-0.3, -0.25) is 0 Å². The van der Waals surface area contributed by atoms with Crippen molar-refractivity contribution in [2.45, 2.75) is 31.8 Å². The first-order valence-electron chi connectivity index (χ1n) is 8.70. The van der Waals surface area contributed by atoms with Crippen LogP contribution in [0.2, 0.25) is 0 Å². The van der Waals surface area contributed by atoms with E-state index in [2.05, 4.69) is 38.7 Å². The van der Waals surface area contributed by atoms with Crippen molar-refractivity contribution in [3.8, 4) is 6.01 Å². The van der Waals surface area contributed by atoms with E-state index < -0.39 is 11.1 Å². The second-order valence-electron chi connectivity index (χ2n) is 6.36. The average Bonchev–Trinajstić information content (AvgIpc) is 2.61. The van der Waals surface area contributed by atoms with Crippen molar-refractivity contribution in [2.24, 2.45) is 0 Å². The number of hydrogen-bond acceptors (Lipinski definition) is 7. The summed E-state index contributed by atoms with van der Waals surface area (Å²) < 4.78 is 19.4. The van der Waals surface area contributed by atoms with Gasteiger partial charge in [0.05, 0.1) is 5.16 Å². The summed E-state index contributed by atoms with van der Waals surface area (Å²) in [7, 11) is 4.61. The summed E-state index contributed by atoms with van der Waals surface area (Å²) in [6.45, 7) is 7.34. The van der Waals surface area contributed by atoms with Crippen LogP contribution in [0, 0.1) is 0 Å². The van der Waals surface area contributed by atoms with Crippen LogP contribution >= 0.6 is 18.5 Å². The third-order valence-electron chi connectivity index (χ3n) is 3.93. The smallest absolute Gasteiger partial charge is 0.323 e. The standard InChI is InChI=1S/C17H27FN6OP2/c1-4-24(5-2)15-21-14(20-12-8-6-7-11(19)9-12)22-16(23-15)25-10-17(3,27)13(18)26/h6-9,13H,4-5,10,19,26-27H2,1-3H3,(H,20,21,22,23). The third-order valence-corrected chi connectivity index (χ3v) is 5.57. The molecule has 2 rings (SSSR count). The number of anilines is 4. The van der Waals surface area contributed by atoms with E-state index in [1.807, 2.05) is 30.9 Å². The van der Waals surface area contributed by atoms with Crippen LogP contribution in [0.1, 0.15) is 20.8 Å². The van der Waals surface area contributed by atoms with E-state index in [-0.39, 0.29) is 12.6 Å². The van der Waals surface area contributed by atoms with Crippen molar-refractivity contribution >= 4 is 41.8 Å². The molecule has 3 N–H and O–H groups in total. The molecule has 0 aliphatic heterocycles. The Morgan fingerprint density at radius 1 is 1.30 bits per heavy atom. The molecule has 10 heteroatoms. The van der Waals surface area contributed by atoms with Crippen LogP contribution in [-0.4, -0.2) is 45.7 Å². The maximum Gasteiger partial charge on any atom is 0.323 e. The van der Waals surface area contributed by atoms with Gasteiger partial charge in [0, 0.05) is 24.5 Å². The second kappa shape index (κ2) is 9.43. The van der Waals surface area contributed by atoms with Gasteiger partial charge in [-0.05, 0) is 39.0 Å². The molecule has 148 valence electrons. The zero-order valence-electron chi connectivity index (χ0n) is 15.8. The molecule has 1 heterocycles. The maximum absolute atomic E-state index is 13.7. The summed E-state index contributed by atoms with van der Waals surface area (Å²) in [5.74, 6) is -0.318. The Morgan fingerprint density at radius 2 is 2.00 bits per heavy atom. The van der Waals surface area contributed by atoms with Gasteiger partial charge in [-0.1, -0.05) is 15.3 Å². The molecule has 2 aromatic rings. The summed E-state index contributed by atoms with van der Waals surface area (Å²) in [4.78, 5) is 15.1. The van der Waals surface area contributed by atoms with Crippen LogP contribution < -0.4 is 20.7 Å². The molecule has 7 nitrogen and oxygen atoms in total. The zero-order valence-corrected chi connectivity index (χ0v) is 18.1. The maximum atomic E-state index is 13.7. The number of nitrogen functional groups attached to an aromatic ring is 1. The molecule has 27 heavy (non-hydrogen) atoms. The minimum atomic E-state index is -1.14. The quantitative estimate of drug-likeness (QED) is 0.483. The van der Waals surface area contributed by atoms with E-state index in [1.165, 1.54) is 0 Å². The minimum Gasteiger partial charge on any atom is -0.462 e. The lowest BCUT2D eigenvalue weighted by molar-refractivity contribution is 0.222.